The number of nitrogens with zero attached hydrogens (tertiary/aromatic N) is 2. The summed E-state index contributed by atoms with van der Waals surface area (Å²) in [7, 11) is 0. The van der Waals surface area contributed by atoms with Gasteiger partial charge >= 0.3 is 5.97 Å². The van der Waals surface area contributed by atoms with Crippen molar-refractivity contribution in [2.24, 2.45) is 0 Å². The fourth-order valence-corrected chi connectivity index (χ4v) is 3.11. The van der Waals surface area contributed by atoms with Crippen molar-refractivity contribution in [1.29, 1.82) is 0 Å². The molecule has 1 aromatic carbocycles. The maximum atomic E-state index is 11.0. The summed E-state index contributed by atoms with van der Waals surface area (Å²) in [5.74, 6) is 1.96. The summed E-state index contributed by atoms with van der Waals surface area (Å²) in [6.07, 6.45) is 1.64. The molecule has 2 aromatic rings. The van der Waals surface area contributed by atoms with Crippen molar-refractivity contribution < 1.29 is 15.0 Å². The second-order valence-corrected chi connectivity index (χ2v) is 5.96. The van der Waals surface area contributed by atoms with Crippen LogP contribution < -0.4 is 0 Å². The van der Waals surface area contributed by atoms with Crippen LogP contribution in [0.4, 0.5) is 0 Å². The van der Waals surface area contributed by atoms with Crippen LogP contribution in [0.2, 0.25) is 0 Å². The highest BCUT2D eigenvalue weighted by Gasteiger charge is 2.11. The Hall–Kier alpha value is -1.53. The van der Waals surface area contributed by atoms with E-state index in [-0.39, 0.29) is 12.2 Å². The minimum Gasteiger partial charge on any atom is -0.478 e. The molecule has 1 heterocycles. The molecule has 0 radical (unpaired) electrons. The van der Waals surface area contributed by atoms with Gasteiger partial charge in [0.05, 0.1) is 16.6 Å². The van der Waals surface area contributed by atoms with Crippen LogP contribution in [-0.4, -0.2) is 43.8 Å². The minimum atomic E-state index is -0.927. The van der Waals surface area contributed by atoms with Crippen molar-refractivity contribution in [1.82, 2.24) is 9.55 Å². The molecule has 21 heavy (non-hydrogen) atoms. The maximum absolute atomic E-state index is 11.0. The first kappa shape index (κ1) is 15.9. The molecule has 0 saturated heterocycles. The van der Waals surface area contributed by atoms with Crippen molar-refractivity contribution in [2.45, 2.75) is 26.3 Å². The van der Waals surface area contributed by atoms with Gasteiger partial charge in [-0.25, -0.2) is 9.78 Å². The number of aryl methyl sites for hydroxylation is 2. The third-order valence-electron chi connectivity index (χ3n) is 3.30. The summed E-state index contributed by atoms with van der Waals surface area (Å²) in [5.41, 5.74) is 2.00. The third-order valence-corrected chi connectivity index (χ3v) is 4.35. The van der Waals surface area contributed by atoms with E-state index in [2.05, 4.69) is 16.5 Å². The Bertz CT molecular complexity index is 625. The topological polar surface area (TPSA) is 75.3 Å². The molecule has 0 fully saturated rings. The van der Waals surface area contributed by atoms with Crippen molar-refractivity contribution in [3.05, 3.63) is 29.6 Å². The molecule has 0 amide bonds. The Morgan fingerprint density at radius 2 is 2.19 bits per heavy atom. The van der Waals surface area contributed by atoms with Crippen LogP contribution in [0.15, 0.2) is 18.2 Å². The standard InChI is InChI=1S/C15H20N2O3S/c1-2-14-16-12-10-11(15(19)20)4-5-13(12)17(14)6-9-21-8-3-7-18/h4-5,10,18H,2-3,6-9H2,1H3,(H,19,20). The lowest BCUT2D eigenvalue weighted by Crippen LogP contribution is -2.05. The average Bonchev–Trinajstić information content (AvgIpc) is 2.84. The Balaban J connectivity index is 2.19. The number of carboxylic acids is 1. The van der Waals surface area contributed by atoms with Crippen molar-refractivity contribution in [3.63, 3.8) is 0 Å². The van der Waals surface area contributed by atoms with Crippen molar-refractivity contribution >= 4 is 28.8 Å². The van der Waals surface area contributed by atoms with E-state index in [0.29, 0.717) is 0 Å². The lowest BCUT2D eigenvalue weighted by molar-refractivity contribution is 0.0697. The monoisotopic (exact) mass is 308 g/mol. The SMILES string of the molecule is CCc1nc2cc(C(=O)O)ccc2n1CCSCCCO. The summed E-state index contributed by atoms with van der Waals surface area (Å²) >= 11 is 1.81. The molecule has 6 heteroatoms. The Kier molecular flexibility index (Phi) is 5.64. The number of thioether (sulfide) groups is 1. The third kappa shape index (κ3) is 3.77. The van der Waals surface area contributed by atoms with Crippen molar-refractivity contribution in [2.75, 3.05) is 18.1 Å². The zero-order valence-corrected chi connectivity index (χ0v) is 12.9. The van der Waals surface area contributed by atoms with Gasteiger partial charge in [-0.15, -0.1) is 0 Å². The molecule has 5 nitrogen and oxygen atoms in total. The molecular formula is C15H20N2O3S. The molecule has 0 aliphatic heterocycles. The van der Waals surface area contributed by atoms with Crippen LogP contribution in [0.25, 0.3) is 11.0 Å². The van der Waals surface area contributed by atoms with Gasteiger partial charge < -0.3 is 14.8 Å². The Labute approximate surface area is 128 Å². The fraction of sp³-hybridized carbons (Fsp3) is 0.467. The van der Waals surface area contributed by atoms with Gasteiger partial charge in [-0.1, -0.05) is 6.92 Å². The number of aliphatic hydroxyl groups is 1. The number of carbonyl (C=O) groups is 1. The molecule has 2 N–H and O–H groups in total. The van der Waals surface area contributed by atoms with Gasteiger partial charge in [0.2, 0.25) is 0 Å². The second-order valence-electron chi connectivity index (χ2n) is 4.73. The number of imidazole rings is 1. The second kappa shape index (κ2) is 7.47. The number of benzene rings is 1. The van der Waals surface area contributed by atoms with E-state index >= 15 is 0 Å². The van der Waals surface area contributed by atoms with E-state index in [1.54, 1.807) is 12.1 Å². The fourth-order valence-electron chi connectivity index (χ4n) is 2.26. The van der Waals surface area contributed by atoms with Crippen LogP contribution >= 0.6 is 11.8 Å². The minimum absolute atomic E-state index is 0.235. The van der Waals surface area contributed by atoms with Crippen molar-refractivity contribution in [3.8, 4) is 0 Å². The molecule has 114 valence electrons. The van der Waals surface area contributed by atoms with Crippen LogP contribution in [0.3, 0.4) is 0 Å². The van der Waals surface area contributed by atoms with Gasteiger partial charge in [0.15, 0.2) is 0 Å². The number of aromatic nitrogens is 2. The van der Waals surface area contributed by atoms with Gasteiger partial charge in [0, 0.05) is 25.3 Å². The van der Waals surface area contributed by atoms with Gasteiger partial charge in [-0.05, 0) is 30.4 Å². The molecule has 1 aromatic heterocycles. The molecule has 2 rings (SSSR count). The predicted molar refractivity (Wildman–Crippen MR) is 85.1 cm³/mol. The maximum Gasteiger partial charge on any atom is 0.335 e. The highest BCUT2D eigenvalue weighted by atomic mass is 32.2. The zero-order chi connectivity index (χ0) is 15.2. The lowest BCUT2D eigenvalue weighted by Gasteiger charge is -2.08. The van der Waals surface area contributed by atoms with E-state index < -0.39 is 5.97 Å². The number of carboxylic acid groups (broad SMARTS) is 1. The lowest BCUT2D eigenvalue weighted by atomic mass is 10.2. The molecule has 0 aliphatic rings. The quantitative estimate of drug-likeness (QED) is 0.733. The molecule has 0 unspecified atom stereocenters. The predicted octanol–water partition coefficient (Wildman–Crippen LogP) is 2.41. The summed E-state index contributed by atoms with van der Waals surface area (Å²) in [5, 5.41) is 17.8. The van der Waals surface area contributed by atoms with E-state index in [1.807, 2.05) is 17.8 Å². The summed E-state index contributed by atoms with van der Waals surface area (Å²) in [6, 6.07) is 5.09. The average molecular weight is 308 g/mol. The highest BCUT2D eigenvalue weighted by Crippen LogP contribution is 2.19. The number of rotatable bonds is 8. The van der Waals surface area contributed by atoms with Gasteiger partial charge in [0.1, 0.15) is 5.82 Å². The number of hydrogen-bond acceptors (Lipinski definition) is 4. The van der Waals surface area contributed by atoms with E-state index in [4.69, 9.17) is 10.2 Å². The van der Waals surface area contributed by atoms with Crippen LogP contribution in [0.5, 0.6) is 0 Å². The van der Waals surface area contributed by atoms with E-state index in [1.165, 1.54) is 0 Å². The molecule has 0 atom stereocenters. The first-order valence-corrected chi connectivity index (χ1v) is 8.24. The molecule has 0 aliphatic carbocycles. The first-order valence-electron chi connectivity index (χ1n) is 7.08. The highest BCUT2D eigenvalue weighted by molar-refractivity contribution is 7.99. The number of aliphatic hydroxyl groups excluding tert-OH is 1. The molecule has 0 saturated carbocycles. The summed E-state index contributed by atoms with van der Waals surface area (Å²) in [4.78, 5) is 15.6. The van der Waals surface area contributed by atoms with E-state index in [9.17, 15) is 4.79 Å². The largest absolute Gasteiger partial charge is 0.478 e. The van der Waals surface area contributed by atoms with Crippen LogP contribution in [-0.2, 0) is 13.0 Å². The van der Waals surface area contributed by atoms with Gasteiger partial charge in [0.25, 0.3) is 0 Å². The number of aromatic carboxylic acids is 1. The van der Waals surface area contributed by atoms with E-state index in [0.717, 1.165) is 47.7 Å². The molecular weight excluding hydrogens is 288 g/mol. The van der Waals surface area contributed by atoms with Crippen LogP contribution in [0.1, 0.15) is 29.5 Å². The zero-order valence-electron chi connectivity index (χ0n) is 12.1. The Morgan fingerprint density at radius 1 is 1.38 bits per heavy atom. The summed E-state index contributed by atoms with van der Waals surface area (Å²) in [6.45, 7) is 3.14. The van der Waals surface area contributed by atoms with Gasteiger partial charge in [-0.3, -0.25) is 0 Å². The summed E-state index contributed by atoms with van der Waals surface area (Å²) < 4.78 is 2.16. The van der Waals surface area contributed by atoms with Gasteiger partial charge in [-0.2, -0.15) is 11.8 Å². The van der Waals surface area contributed by atoms with Crippen LogP contribution in [0, 0.1) is 0 Å². The number of hydrogen-bond donors (Lipinski definition) is 2. The Morgan fingerprint density at radius 3 is 2.86 bits per heavy atom. The number of fused-ring (bicyclic) bond motifs is 1. The molecule has 0 bridgehead atoms. The normalized spacial score (nSPS) is 11.1. The smallest absolute Gasteiger partial charge is 0.335 e. The molecule has 0 spiro atoms. The first-order chi connectivity index (χ1) is 10.2.